The van der Waals surface area contributed by atoms with Crippen LogP contribution < -0.4 is 4.74 Å². The summed E-state index contributed by atoms with van der Waals surface area (Å²) in [5.41, 5.74) is 0.878. The molecule has 13 heavy (non-hydrogen) atoms. The molecule has 0 aliphatic heterocycles. The summed E-state index contributed by atoms with van der Waals surface area (Å²) >= 11 is 0. The second-order valence-corrected chi connectivity index (χ2v) is 2.52. The van der Waals surface area contributed by atoms with Crippen LogP contribution in [0.25, 0.3) is 5.57 Å². The minimum Gasteiger partial charge on any atom is -0.497 e. The van der Waals surface area contributed by atoms with Crippen molar-refractivity contribution in [3.8, 4) is 5.75 Å². The first kappa shape index (κ1) is 9.74. The Morgan fingerprint density at radius 3 is 2.92 bits per heavy atom. The third-order valence-corrected chi connectivity index (χ3v) is 1.74. The summed E-state index contributed by atoms with van der Waals surface area (Å²) in [6, 6.07) is 6.88. The van der Waals surface area contributed by atoms with Gasteiger partial charge in [0.25, 0.3) is 0 Å². The topological polar surface area (TPSA) is 29.5 Å². The van der Waals surface area contributed by atoms with Gasteiger partial charge in [-0.2, -0.15) is 0 Å². The molecule has 0 aliphatic rings. The van der Waals surface area contributed by atoms with Crippen LogP contribution in [0.1, 0.15) is 5.56 Å². The standard InChI is InChI=1S/C10H11FO2/c1-13-10-4-2-3-8(5-10)9(6-11)7-12/h2-6,12H,7H2,1H3/b9-6-. The average Bonchev–Trinajstić information content (AvgIpc) is 2.20. The van der Waals surface area contributed by atoms with Crippen LogP contribution in [0.3, 0.4) is 0 Å². The largest absolute Gasteiger partial charge is 0.497 e. The van der Waals surface area contributed by atoms with Gasteiger partial charge in [-0.15, -0.1) is 0 Å². The van der Waals surface area contributed by atoms with Gasteiger partial charge in [-0.3, -0.25) is 0 Å². The SMILES string of the molecule is COc1cccc(/C(=C\F)CO)c1. The molecule has 0 atom stereocenters. The van der Waals surface area contributed by atoms with E-state index >= 15 is 0 Å². The van der Waals surface area contributed by atoms with Crippen molar-refractivity contribution in [1.82, 2.24) is 0 Å². The van der Waals surface area contributed by atoms with Crippen LogP contribution in [0.15, 0.2) is 30.6 Å². The Bertz CT molecular complexity index is 308. The van der Waals surface area contributed by atoms with E-state index in [1.54, 1.807) is 24.3 Å². The van der Waals surface area contributed by atoms with Gasteiger partial charge in [0.1, 0.15) is 5.75 Å². The third kappa shape index (κ3) is 2.29. The molecular weight excluding hydrogens is 171 g/mol. The zero-order valence-electron chi connectivity index (χ0n) is 7.33. The molecule has 0 amide bonds. The number of benzene rings is 1. The van der Waals surface area contributed by atoms with Gasteiger partial charge in [0.15, 0.2) is 0 Å². The van der Waals surface area contributed by atoms with Crippen molar-refractivity contribution in [2.45, 2.75) is 0 Å². The van der Waals surface area contributed by atoms with Crippen molar-refractivity contribution in [2.24, 2.45) is 0 Å². The van der Waals surface area contributed by atoms with Crippen LogP contribution in [0.2, 0.25) is 0 Å². The summed E-state index contributed by atoms with van der Waals surface area (Å²) in [4.78, 5) is 0. The maximum Gasteiger partial charge on any atom is 0.119 e. The Kier molecular flexibility index (Phi) is 3.46. The van der Waals surface area contributed by atoms with E-state index in [1.807, 2.05) is 0 Å². The molecule has 1 rings (SSSR count). The van der Waals surface area contributed by atoms with Crippen LogP contribution in [-0.2, 0) is 0 Å². The van der Waals surface area contributed by atoms with Crippen molar-refractivity contribution in [3.05, 3.63) is 36.2 Å². The second-order valence-electron chi connectivity index (χ2n) is 2.52. The van der Waals surface area contributed by atoms with Gasteiger partial charge in [-0.1, -0.05) is 12.1 Å². The molecule has 2 nitrogen and oxygen atoms in total. The Labute approximate surface area is 76.3 Å². The highest BCUT2D eigenvalue weighted by Crippen LogP contribution is 2.19. The summed E-state index contributed by atoms with van der Waals surface area (Å²) in [6.45, 7) is -0.316. The molecule has 3 heteroatoms. The maximum absolute atomic E-state index is 12.2. The van der Waals surface area contributed by atoms with Gasteiger partial charge in [-0.25, -0.2) is 4.39 Å². The van der Waals surface area contributed by atoms with Crippen LogP contribution in [-0.4, -0.2) is 18.8 Å². The fourth-order valence-electron chi connectivity index (χ4n) is 1.01. The molecule has 0 saturated carbocycles. The second kappa shape index (κ2) is 4.62. The summed E-state index contributed by atoms with van der Waals surface area (Å²) in [5, 5.41) is 8.79. The van der Waals surface area contributed by atoms with E-state index in [0.717, 1.165) is 0 Å². The average molecular weight is 182 g/mol. The Balaban J connectivity index is 3.00. The Hall–Kier alpha value is -1.35. The number of hydrogen-bond acceptors (Lipinski definition) is 2. The fraction of sp³-hybridized carbons (Fsp3) is 0.200. The lowest BCUT2D eigenvalue weighted by molar-refractivity contribution is 0.348. The van der Waals surface area contributed by atoms with E-state index in [2.05, 4.69) is 0 Å². The van der Waals surface area contributed by atoms with Crippen molar-refractivity contribution < 1.29 is 14.2 Å². The van der Waals surface area contributed by atoms with Crippen LogP contribution in [0.4, 0.5) is 4.39 Å². The molecule has 0 unspecified atom stereocenters. The van der Waals surface area contributed by atoms with E-state index < -0.39 is 0 Å². The van der Waals surface area contributed by atoms with Gasteiger partial charge in [0.05, 0.1) is 20.0 Å². The summed E-state index contributed by atoms with van der Waals surface area (Å²) < 4.78 is 17.2. The number of aliphatic hydroxyl groups excluding tert-OH is 1. The van der Waals surface area contributed by atoms with E-state index in [-0.39, 0.29) is 12.2 Å². The van der Waals surface area contributed by atoms with Gasteiger partial charge in [0, 0.05) is 5.57 Å². The van der Waals surface area contributed by atoms with Crippen molar-refractivity contribution in [3.63, 3.8) is 0 Å². The molecule has 0 saturated heterocycles. The zero-order valence-corrected chi connectivity index (χ0v) is 7.33. The predicted octanol–water partition coefficient (Wildman–Crippen LogP) is 2.00. The lowest BCUT2D eigenvalue weighted by Crippen LogP contribution is -1.90. The third-order valence-electron chi connectivity index (χ3n) is 1.74. The zero-order chi connectivity index (χ0) is 9.68. The first-order valence-corrected chi connectivity index (χ1v) is 3.86. The molecule has 0 fully saturated rings. The fourth-order valence-corrected chi connectivity index (χ4v) is 1.01. The number of methoxy groups -OCH3 is 1. The summed E-state index contributed by atoms with van der Waals surface area (Å²) in [5.74, 6) is 0.644. The van der Waals surface area contributed by atoms with Crippen LogP contribution >= 0.6 is 0 Å². The van der Waals surface area contributed by atoms with Gasteiger partial charge in [-0.05, 0) is 17.7 Å². The Morgan fingerprint density at radius 2 is 2.38 bits per heavy atom. The number of aliphatic hydroxyl groups is 1. The molecule has 0 aliphatic carbocycles. The number of rotatable bonds is 3. The van der Waals surface area contributed by atoms with Crippen LogP contribution in [0.5, 0.6) is 5.75 Å². The molecule has 1 aromatic rings. The van der Waals surface area contributed by atoms with E-state index in [4.69, 9.17) is 9.84 Å². The Morgan fingerprint density at radius 1 is 1.62 bits per heavy atom. The molecule has 0 spiro atoms. The predicted molar refractivity (Wildman–Crippen MR) is 49.2 cm³/mol. The van der Waals surface area contributed by atoms with Gasteiger partial charge < -0.3 is 9.84 Å². The first-order valence-electron chi connectivity index (χ1n) is 3.86. The molecule has 0 heterocycles. The van der Waals surface area contributed by atoms with E-state index in [9.17, 15) is 4.39 Å². The van der Waals surface area contributed by atoms with Crippen molar-refractivity contribution >= 4 is 5.57 Å². The van der Waals surface area contributed by atoms with E-state index in [1.165, 1.54) is 7.11 Å². The van der Waals surface area contributed by atoms with Gasteiger partial charge >= 0.3 is 0 Å². The van der Waals surface area contributed by atoms with Crippen LogP contribution in [0, 0.1) is 0 Å². The minimum absolute atomic E-state index is 0.249. The number of halogens is 1. The highest BCUT2D eigenvalue weighted by Gasteiger charge is 2.01. The lowest BCUT2D eigenvalue weighted by atomic mass is 10.1. The number of ether oxygens (including phenoxy) is 1. The highest BCUT2D eigenvalue weighted by atomic mass is 19.1. The van der Waals surface area contributed by atoms with E-state index in [0.29, 0.717) is 17.6 Å². The minimum atomic E-state index is -0.316. The first-order chi connectivity index (χ1) is 6.31. The summed E-state index contributed by atoms with van der Waals surface area (Å²) in [6.07, 6.45) is 0.398. The summed E-state index contributed by atoms with van der Waals surface area (Å²) in [7, 11) is 1.54. The maximum atomic E-state index is 12.2. The lowest BCUT2D eigenvalue weighted by Gasteiger charge is -2.04. The van der Waals surface area contributed by atoms with Gasteiger partial charge in [0.2, 0.25) is 0 Å². The molecular formula is C10H11FO2. The smallest absolute Gasteiger partial charge is 0.119 e. The quantitative estimate of drug-likeness (QED) is 0.774. The van der Waals surface area contributed by atoms with Crippen molar-refractivity contribution in [2.75, 3.05) is 13.7 Å². The monoisotopic (exact) mass is 182 g/mol. The molecule has 0 bridgehead atoms. The van der Waals surface area contributed by atoms with Crippen molar-refractivity contribution in [1.29, 1.82) is 0 Å². The molecule has 70 valence electrons. The molecule has 1 aromatic carbocycles. The molecule has 0 radical (unpaired) electrons. The molecule has 1 N–H and O–H groups in total. The highest BCUT2D eigenvalue weighted by molar-refractivity contribution is 5.66. The normalized spacial score (nSPS) is 11.5. The number of hydrogen-bond donors (Lipinski definition) is 1. The molecule has 0 aromatic heterocycles.